The van der Waals surface area contributed by atoms with Crippen molar-refractivity contribution in [3.8, 4) is 5.75 Å². The summed E-state index contributed by atoms with van der Waals surface area (Å²) in [6.07, 6.45) is 0.323. The van der Waals surface area contributed by atoms with E-state index >= 15 is 0 Å². The molecule has 1 fully saturated rings. The van der Waals surface area contributed by atoms with Crippen LogP contribution in [0.25, 0.3) is 0 Å². The number of para-hydroxylation sites is 1. The fourth-order valence-electron chi connectivity index (χ4n) is 3.25. The molecule has 2 aromatic carbocycles. The van der Waals surface area contributed by atoms with Crippen LogP contribution in [-0.4, -0.2) is 57.0 Å². The molecule has 0 aliphatic carbocycles. The van der Waals surface area contributed by atoms with Crippen LogP contribution in [0.5, 0.6) is 5.75 Å². The number of rotatable bonds is 8. The lowest BCUT2D eigenvalue weighted by Crippen LogP contribution is -2.43. The van der Waals surface area contributed by atoms with E-state index in [-0.39, 0.29) is 23.7 Å². The number of hydrogen-bond acceptors (Lipinski definition) is 7. The van der Waals surface area contributed by atoms with Crippen molar-refractivity contribution in [1.29, 1.82) is 0 Å². The molecule has 2 amide bonds. The van der Waals surface area contributed by atoms with Gasteiger partial charge >= 0.3 is 5.97 Å². The summed E-state index contributed by atoms with van der Waals surface area (Å²) in [7, 11) is -3.21. The van der Waals surface area contributed by atoms with Gasteiger partial charge in [0.1, 0.15) is 5.75 Å². The van der Waals surface area contributed by atoms with Gasteiger partial charge < -0.3 is 20.1 Å². The van der Waals surface area contributed by atoms with Crippen LogP contribution in [0.2, 0.25) is 0 Å². The van der Waals surface area contributed by atoms with Crippen molar-refractivity contribution in [3.05, 3.63) is 60.2 Å². The van der Waals surface area contributed by atoms with Gasteiger partial charge in [-0.15, -0.1) is 0 Å². The maximum absolute atomic E-state index is 12.9. The third-order valence-electron chi connectivity index (χ3n) is 4.67. The Labute approximate surface area is 179 Å². The van der Waals surface area contributed by atoms with Crippen molar-refractivity contribution in [3.63, 3.8) is 0 Å². The first-order valence-electron chi connectivity index (χ1n) is 9.51. The van der Waals surface area contributed by atoms with Gasteiger partial charge in [-0.05, 0) is 42.8 Å². The Morgan fingerprint density at radius 3 is 2.26 bits per heavy atom. The number of carbonyl (C=O) groups excluding carboxylic acids is 3. The predicted octanol–water partition coefficient (Wildman–Crippen LogP) is 0.928. The zero-order valence-electron chi connectivity index (χ0n) is 16.6. The largest absolute Gasteiger partial charge is 0.484 e. The molecule has 9 nitrogen and oxygen atoms in total. The second-order valence-corrected chi connectivity index (χ2v) is 9.24. The Bertz CT molecular complexity index is 1050. The Morgan fingerprint density at radius 2 is 1.68 bits per heavy atom. The van der Waals surface area contributed by atoms with Crippen molar-refractivity contribution in [1.82, 2.24) is 0 Å². The average molecular weight is 446 g/mol. The van der Waals surface area contributed by atoms with Crippen LogP contribution in [-0.2, 0) is 24.2 Å². The summed E-state index contributed by atoms with van der Waals surface area (Å²) in [6, 6.07) is 14.0. The molecule has 10 heteroatoms. The minimum Gasteiger partial charge on any atom is -0.484 e. The minimum atomic E-state index is -3.21. The normalized spacial score (nSPS) is 17.0. The number of esters is 1. The van der Waals surface area contributed by atoms with Crippen molar-refractivity contribution >= 4 is 33.3 Å². The Morgan fingerprint density at radius 1 is 1.00 bits per heavy atom. The molecule has 1 aliphatic rings. The maximum Gasteiger partial charge on any atom is 0.338 e. The van der Waals surface area contributed by atoms with Crippen molar-refractivity contribution < 1.29 is 32.3 Å². The lowest BCUT2D eigenvalue weighted by Gasteiger charge is -2.28. The molecule has 31 heavy (non-hydrogen) atoms. The van der Waals surface area contributed by atoms with E-state index in [1.807, 2.05) is 0 Å². The van der Waals surface area contributed by atoms with Gasteiger partial charge in [-0.25, -0.2) is 13.2 Å². The molecule has 164 valence electrons. The molecule has 3 rings (SSSR count). The van der Waals surface area contributed by atoms with Gasteiger partial charge in [-0.1, -0.05) is 18.2 Å². The lowest BCUT2D eigenvalue weighted by molar-refractivity contribution is -0.122. The van der Waals surface area contributed by atoms with Crippen LogP contribution in [0.1, 0.15) is 16.8 Å². The number of primary amides is 1. The number of amides is 2. The lowest BCUT2D eigenvalue weighted by atomic mass is 10.2. The molecule has 2 aromatic rings. The van der Waals surface area contributed by atoms with E-state index in [4.69, 9.17) is 15.2 Å². The molecule has 1 atom stereocenters. The summed E-state index contributed by atoms with van der Waals surface area (Å²) < 4.78 is 34.1. The topological polar surface area (TPSA) is 133 Å². The van der Waals surface area contributed by atoms with E-state index in [9.17, 15) is 22.8 Å². The molecular weight excluding hydrogens is 424 g/mol. The molecule has 0 radical (unpaired) electrons. The Balaban J connectivity index is 1.65. The van der Waals surface area contributed by atoms with Gasteiger partial charge in [0.25, 0.3) is 11.8 Å². The van der Waals surface area contributed by atoms with Crippen LogP contribution >= 0.6 is 0 Å². The molecule has 0 saturated carbocycles. The maximum atomic E-state index is 12.9. The zero-order chi connectivity index (χ0) is 22.4. The number of ether oxygens (including phenoxy) is 2. The highest BCUT2D eigenvalue weighted by molar-refractivity contribution is 7.91. The number of anilines is 1. The third-order valence-corrected chi connectivity index (χ3v) is 6.42. The van der Waals surface area contributed by atoms with Crippen molar-refractivity contribution in [2.24, 2.45) is 5.73 Å². The quantitative estimate of drug-likeness (QED) is 0.596. The summed E-state index contributed by atoms with van der Waals surface area (Å²) in [6.45, 7) is -0.825. The van der Waals surface area contributed by atoms with Gasteiger partial charge in [0, 0.05) is 5.69 Å². The van der Waals surface area contributed by atoms with Crippen LogP contribution < -0.4 is 15.4 Å². The minimum absolute atomic E-state index is 0.0121. The number of hydrogen-bond donors (Lipinski definition) is 1. The van der Waals surface area contributed by atoms with E-state index < -0.39 is 40.3 Å². The fraction of sp³-hybridized carbons (Fsp3) is 0.286. The van der Waals surface area contributed by atoms with E-state index in [2.05, 4.69) is 0 Å². The summed E-state index contributed by atoms with van der Waals surface area (Å²) in [5, 5.41) is 0. The standard InChI is InChI=1S/C21H22N2O7S/c22-19(24)12-29-18-8-6-15(7-9-18)21(26)30-13-20(25)23(16-4-2-1-3-5-16)17-10-11-31(27,28)14-17/h1-9,17H,10-14H2,(H2,22,24). The molecular formula is C21H22N2O7S. The summed E-state index contributed by atoms with van der Waals surface area (Å²) in [5.41, 5.74) is 5.74. The molecule has 1 heterocycles. The van der Waals surface area contributed by atoms with Gasteiger partial charge in [-0.2, -0.15) is 0 Å². The highest BCUT2D eigenvalue weighted by Gasteiger charge is 2.35. The second kappa shape index (κ2) is 9.61. The second-order valence-electron chi connectivity index (χ2n) is 7.01. The monoisotopic (exact) mass is 446 g/mol. The van der Waals surface area contributed by atoms with Gasteiger partial charge in [0.2, 0.25) is 0 Å². The number of nitrogens with two attached hydrogens (primary N) is 1. The van der Waals surface area contributed by atoms with Gasteiger partial charge in [0.15, 0.2) is 23.1 Å². The molecule has 1 aliphatic heterocycles. The van der Waals surface area contributed by atoms with Crippen LogP contribution in [0.15, 0.2) is 54.6 Å². The summed E-state index contributed by atoms with van der Waals surface area (Å²) in [4.78, 5) is 37.3. The molecule has 0 bridgehead atoms. The van der Waals surface area contributed by atoms with Crippen LogP contribution in [0.4, 0.5) is 5.69 Å². The molecule has 2 N–H and O–H groups in total. The molecule has 1 unspecified atom stereocenters. The zero-order valence-corrected chi connectivity index (χ0v) is 17.4. The third kappa shape index (κ3) is 6.05. The predicted molar refractivity (Wildman–Crippen MR) is 112 cm³/mol. The van der Waals surface area contributed by atoms with Gasteiger partial charge in [-0.3, -0.25) is 9.59 Å². The van der Waals surface area contributed by atoms with Crippen LogP contribution in [0.3, 0.4) is 0 Å². The Hall–Kier alpha value is -3.40. The molecule has 0 spiro atoms. The van der Waals surface area contributed by atoms with Crippen molar-refractivity contribution in [2.75, 3.05) is 29.6 Å². The Kier molecular flexibility index (Phi) is 6.91. The first kappa shape index (κ1) is 22.3. The number of benzene rings is 2. The smallest absolute Gasteiger partial charge is 0.338 e. The van der Waals surface area contributed by atoms with E-state index in [1.54, 1.807) is 30.3 Å². The number of sulfone groups is 1. The molecule has 0 aromatic heterocycles. The van der Waals surface area contributed by atoms with E-state index in [0.717, 1.165) is 0 Å². The molecule has 1 saturated heterocycles. The van der Waals surface area contributed by atoms with E-state index in [1.165, 1.54) is 29.2 Å². The highest BCUT2D eigenvalue weighted by atomic mass is 32.2. The SMILES string of the molecule is NC(=O)COc1ccc(C(=O)OCC(=O)N(c2ccccc2)C2CCS(=O)(=O)C2)cc1. The van der Waals surface area contributed by atoms with Crippen molar-refractivity contribution in [2.45, 2.75) is 12.5 Å². The van der Waals surface area contributed by atoms with E-state index in [0.29, 0.717) is 17.9 Å². The summed E-state index contributed by atoms with van der Waals surface area (Å²) in [5.74, 6) is -1.62. The number of carbonyl (C=O) groups is 3. The van der Waals surface area contributed by atoms with Crippen LogP contribution in [0, 0.1) is 0 Å². The van der Waals surface area contributed by atoms with Gasteiger partial charge in [0.05, 0.1) is 23.1 Å². The fourth-order valence-corrected chi connectivity index (χ4v) is 4.95. The number of nitrogens with zero attached hydrogens (tertiary/aromatic N) is 1. The first-order valence-corrected chi connectivity index (χ1v) is 11.3. The average Bonchev–Trinajstić information content (AvgIpc) is 3.11. The first-order chi connectivity index (χ1) is 14.7. The highest BCUT2D eigenvalue weighted by Crippen LogP contribution is 2.24. The summed E-state index contributed by atoms with van der Waals surface area (Å²) >= 11 is 0.